The SMILES string of the molecule is CC(C)c1noc(C2CCN(Cc3ncc(C(F)(F)F)cc3Cl)CC2)n1. The maximum Gasteiger partial charge on any atom is 0.417 e. The van der Waals surface area contributed by atoms with E-state index in [1.807, 2.05) is 13.8 Å². The number of rotatable bonds is 4. The first-order chi connectivity index (χ1) is 12.2. The second-order valence-corrected chi connectivity index (χ2v) is 7.25. The molecule has 0 spiro atoms. The standard InChI is InChI=1S/C17H20ClF3N4O/c1-10(2)15-23-16(26-24-15)11-3-5-25(6-4-11)9-14-13(18)7-12(8-22-14)17(19,20)21/h7-8,10-11H,3-6,9H2,1-2H3. The number of nitrogens with zero attached hydrogens (tertiary/aromatic N) is 4. The van der Waals surface area contributed by atoms with Gasteiger partial charge >= 0.3 is 6.18 Å². The Balaban J connectivity index is 1.58. The van der Waals surface area contributed by atoms with Gasteiger partial charge in [-0.15, -0.1) is 0 Å². The van der Waals surface area contributed by atoms with Gasteiger partial charge in [-0.1, -0.05) is 30.6 Å². The average molecular weight is 389 g/mol. The summed E-state index contributed by atoms with van der Waals surface area (Å²) in [6.45, 7) is 5.98. The van der Waals surface area contributed by atoms with Gasteiger partial charge in [0.2, 0.25) is 5.89 Å². The highest BCUT2D eigenvalue weighted by Crippen LogP contribution is 2.32. The molecule has 26 heavy (non-hydrogen) atoms. The van der Waals surface area contributed by atoms with Crippen molar-refractivity contribution in [2.45, 2.75) is 51.2 Å². The summed E-state index contributed by atoms with van der Waals surface area (Å²) in [5, 5.41) is 4.04. The van der Waals surface area contributed by atoms with Gasteiger partial charge in [0.1, 0.15) is 0 Å². The summed E-state index contributed by atoms with van der Waals surface area (Å²) in [4.78, 5) is 10.5. The Morgan fingerprint density at radius 1 is 1.31 bits per heavy atom. The molecule has 142 valence electrons. The molecule has 1 aliphatic rings. The monoisotopic (exact) mass is 388 g/mol. The minimum absolute atomic E-state index is 0.0421. The first-order valence-corrected chi connectivity index (χ1v) is 8.89. The van der Waals surface area contributed by atoms with Crippen molar-refractivity contribution in [3.8, 4) is 0 Å². The van der Waals surface area contributed by atoms with E-state index in [4.69, 9.17) is 16.1 Å². The summed E-state index contributed by atoms with van der Waals surface area (Å²) in [6.07, 6.45) is -1.91. The summed E-state index contributed by atoms with van der Waals surface area (Å²) >= 11 is 5.99. The van der Waals surface area contributed by atoms with Gasteiger partial charge in [-0.05, 0) is 32.0 Å². The maximum atomic E-state index is 12.7. The van der Waals surface area contributed by atoms with Gasteiger partial charge in [0.25, 0.3) is 0 Å². The van der Waals surface area contributed by atoms with Crippen LogP contribution < -0.4 is 0 Å². The van der Waals surface area contributed by atoms with Crippen LogP contribution in [-0.2, 0) is 12.7 Å². The highest BCUT2D eigenvalue weighted by Gasteiger charge is 2.32. The number of piperidine rings is 1. The largest absolute Gasteiger partial charge is 0.417 e. The first-order valence-electron chi connectivity index (χ1n) is 8.51. The molecule has 2 aromatic heterocycles. The fraction of sp³-hybridized carbons (Fsp3) is 0.588. The highest BCUT2D eigenvalue weighted by molar-refractivity contribution is 6.31. The van der Waals surface area contributed by atoms with Crippen LogP contribution in [0.2, 0.25) is 5.02 Å². The van der Waals surface area contributed by atoms with E-state index in [1.165, 1.54) is 0 Å². The number of hydrogen-bond donors (Lipinski definition) is 0. The minimum atomic E-state index is -4.44. The van der Waals surface area contributed by atoms with Crippen LogP contribution in [0.4, 0.5) is 13.2 Å². The number of aromatic nitrogens is 3. The number of hydrogen-bond acceptors (Lipinski definition) is 5. The Labute approximate surface area is 154 Å². The molecule has 0 aliphatic carbocycles. The van der Waals surface area contributed by atoms with Crippen LogP contribution in [0.1, 0.15) is 61.5 Å². The molecule has 0 amide bonds. The van der Waals surface area contributed by atoms with Crippen LogP contribution in [0.3, 0.4) is 0 Å². The normalized spacial score (nSPS) is 17.2. The number of halogens is 4. The fourth-order valence-electron chi connectivity index (χ4n) is 2.94. The predicted octanol–water partition coefficient (Wildman–Crippen LogP) is 4.64. The van der Waals surface area contributed by atoms with Crippen molar-refractivity contribution >= 4 is 11.6 Å². The molecule has 0 bridgehead atoms. The molecule has 1 saturated heterocycles. The lowest BCUT2D eigenvalue weighted by Gasteiger charge is -2.30. The minimum Gasteiger partial charge on any atom is -0.339 e. The van der Waals surface area contributed by atoms with Crippen LogP contribution in [-0.4, -0.2) is 33.1 Å². The zero-order chi connectivity index (χ0) is 18.9. The smallest absolute Gasteiger partial charge is 0.339 e. The van der Waals surface area contributed by atoms with E-state index < -0.39 is 11.7 Å². The van der Waals surface area contributed by atoms with E-state index in [0.29, 0.717) is 24.0 Å². The highest BCUT2D eigenvalue weighted by atomic mass is 35.5. The van der Waals surface area contributed by atoms with E-state index in [0.717, 1.165) is 38.2 Å². The molecule has 3 rings (SSSR count). The topological polar surface area (TPSA) is 55.1 Å². The number of likely N-dealkylation sites (tertiary alicyclic amines) is 1. The average Bonchev–Trinajstić information content (AvgIpc) is 3.07. The van der Waals surface area contributed by atoms with Crippen molar-refractivity contribution in [3.63, 3.8) is 0 Å². The Morgan fingerprint density at radius 2 is 2.00 bits per heavy atom. The Bertz CT molecular complexity index is 755. The van der Waals surface area contributed by atoms with Crippen molar-refractivity contribution in [1.29, 1.82) is 0 Å². The molecule has 1 fully saturated rings. The van der Waals surface area contributed by atoms with Gasteiger partial charge in [-0.2, -0.15) is 18.2 Å². The van der Waals surface area contributed by atoms with Crippen LogP contribution in [0, 0.1) is 0 Å². The third-order valence-electron chi connectivity index (χ3n) is 4.53. The summed E-state index contributed by atoms with van der Waals surface area (Å²) < 4.78 is 43.4. The fourth-order valence-corrected chi connectivity index (χ4v) is 3.16. The molecule has 1 aliphatic heterocycles. The molecule has 0 unspecified atom stereocenters. The van der Waals surface area contributed by atoms with Crippen molar-refractivity contribution in [2.75, 3.05) is 13.1 Å². The molecule has 2 aromatic rings. The van der Waals surface area contributed by atoms with Crippen LogP contribution in [0.25, 0.3) is 0 Å². The predicted molar refractivity (Wildman–Crippen MR) is 89.9 cm³/mol. The summed E-state index contributed by atoms with van der Waals surface area (Å²) in [7, 11) is 0. The van der Waals surface area contributed by atoms with E-state index >= 15 is 0 Å². The molecular weight excluding hydrogens is 369 g/mol. The van der Waals surface area contributed by atoms with Gasteiger partial charge in [0.05, 0.1) is 16.3 Å². The zero-order valence-corrected chi connectivity index (χ0v) is 15.3. The zero-order valence-electron chi connectivity index (χ0n) is 14.6. The maximum absolute atomic E-state index is 12.7. The van der Waals surface area contributed by atoms with Crippen molar-refractivity contribution in [1.82, 2.24) is 20.0 Å². The molecule has 0 saturated carbocycles. The molecule has 9 heteroatoms. The van der Waals surface area contributed by atoms with E-state index in [2.05, 4.69) is 20.0 Å². The first kappa shape index (κ1) is 19.1. The second kappa shape index (κ2) is 7.52. The Morgan fingerprint density at radius 3 is 2.54 bits per heavy atom. The van der Waals surface area contributed by atoms with E-state index in [1.54, 1.807) is 0 Å². The molecule has 0 N–H and O–H groups in total. The summed E-state index contributed by atoms with van der Waals surface area (Å²) in [5.74, 6) is 1.81. The van der Waals surface area contributed by atoms with E-state index in [-0.39, 0.29) is 16.9 Å². The van der Waals surface area contributed by atoms with Gasteiger partial charge < -0.3 is 4.52 Å². The lowest BCUT2D eigenvalue weighted by atomic mass is 9.96. The Kier molecular flexibility index (Phi) is 5.53. The van der Waals surface area contributed by atoms with Gasteiger partial charge in [-0.25, -0.2) is 0 Å². The van der Waals surface area contributed by atoms with Crippen molar-refractivity contribution in [3.05, 3.63) is 40.3 Å². The van der Waals surface area contributed by atoms with E-state index in [9.17, 15) is 13.2 Å². The quantitative estimate of drug-likeness (QED) is 0.763. The molecule has 0 radical (unpaired) electrons. The molecule has 3 heterocycles. The number of alkyl halides is 3. The van der Waals surface area contributed by atoms with Gasteiger partial charge in [0.15, 0.2) is 5.82 Å². The summed E-state index contributed by atoms with van der Waals surface area (Å²) in [6, 6.07) is 0.933. The van der Waals surface area contributed by atoms with Crippen LogP contribution in [0.5, 0.6) is 0 Å². The van der Waals surface area contributed by atoms with Crippen molar-refractivity contribution in [2.24, 2.45) is 0 Å². The lowest BCUT2D eigenvalue weighted by Crippen LogP contribution is -2.33. The second-order valence-electron chi connectivity index (χ2n) is 6.85. The van der Waals surface area contributed by atoms with Gasteiger partial charge in [0, 0.05) is 24.6 Å². The Hall–Kier alpha value is -1.67. The molecular formula is C17H20ClF3N4O. The van der Waals surface area contributed by atoms with Crippen LogP contribution >= 0.6 is 11.6 Å². The summed E-state index contributed by atoms with van der Waals surface area (Å²) in [5.41, 5.74) is -0.375. The number of pyridine rings is 1. The van der Waals surface area contributed by atoms with Gasteiger partial charge in [-0.3, -0.25) is 9.88 Å². The third kappa shape index (κ3) is 4.35. The lowest BCUT2D eigenvalue weighted by molar-refractivity contribution is -0.137. The molecule has 5 nitrogen and oxygen atoms in total. The third-order valence-corrected chi connectivity index (χ3v) is 4.86. The van der Waals surface area contributed by atoms with Crippen LogP contribution in [0.15, 0.2) is 16.8 Å². The molecule has 0 atom stereocenters. The molecule has 0 aromatic carbocycles. The van der Waals surface area contributed by atoms with Crippen molar-refractivity contribution < 1.29 is 17.7 Å².